The fourth-order valence-electron chi connectivity index (χ4n) is 1.40. The molecule has 18 heavy (non-hydrogen) atoms. The van der Waals surface area contributed by atoms with E-state index in [0.29, 0.717) is 6.42 Å². The second-order valence-electron chi connectivity index (χ2n) is 4.04. The number of halogens is 4. The number of alkyl halides is 3. The van der Waals surface area contributed by atoms with Crippen molar-refractivity contribution in [3.8, 4) is 5.75 Å². The van der Waals surface area contributed by atoms with Crippen LogP contribution in [0.25, 0.3) is 0 Å². The van der Waals surface area contributed by atoms with Gasteiger partial charge in [-0.1, -0.05) is 24.6 Å². The summed E-state index contributed by atoms with van der Waals surface area (Å²) in [5, 5.41) is 0.167. The predicted molar refractivity (Wildman–Crippen MR) is 65.0 cm³/mol. The van der Waals surface area contributed by atoms with Gasteiger partial charge in [0, 0.05) is 6.04 Å². The van der Waals surface area contributed by atoms with E-state index in [4.69, 9.17) is 17.3 Å². The third-order valence-corrected chi connectivity index (χ3v) is 2.71. The third kappa shape index (κ3) is 5.14. The van der Waals surface area contributed by atoms with E-state index in [1.54, 1.807) is 12.1 Å². The van der Waals surface area contributed by atoms with Gasteiger partial charge in [-0.15, -0.1) is 0 Å². The molecule has 0 aromatic heterocycles. The van der Waals surface area contributed by atoms with Crippen LogP contribution in [0.3, 0.4) is 0 Å². The minimum Gasteiger partial charge on any atom is -0.483 e. The summed E-state index contributed by atoms with van der Waals surface area (Å²) >= 11 is 5.85. The Morgan fingerprint density at radius 1 is 1.39 bits per heavy atom. The predicted octanol–water partition coefficient (Wildman–Crippen LogP) is 3.56. The maximum Gasteiger partial charge on any atom is 0.422 e. The maximum absolute atomic E-state index is 12.0. The highest BCUT2D eigenvalue weighted by Gasteiger charge is 2.28. The van der Waals surface area contributed by atoms with Crippen molar-refractivity contribution in [2.24, 2.45) is 5.73 Å². The van der Waals surface area contributed by atoms with E-state index in [2.05, 4.69) is 4.74 Å². The molecule has 0 aliphatic carbocycles. The maximum atomic E-state index is 12.0. The average molecular weight is 282 g/mol. The smallest absolute Gasteiger partial charge is 0.422 e. The highest BCUT2D eigenvalue weighted by atomic mass is 35.5. The highest BCUT2D eigenvalue weighted by molar-refractivity contribution is 6.32. The van der Waals surface area contributed by atoms with Gasteiger partial charge < -0.3 is 10.5 Å². The lowest BCUT2D eigenvalue weighted by Crippen LogP contribution is -2.21. The standard InChI is InChI=1S/C12H15ClF3NO/c1-2-9(17)5-8-3-4-11(10(13)6-8)18-7-12(14,15)16/h3-4,6,9H,2,5,7,17H2,1H3. The summed E-state index contributed by atoms with van der Waals surface area (Å²) in [5.41, 5.74) is 6.67. The van der Waals surface area contributed by atoms with Crippen LogP contribution in [0.2, 0.25) is 5.02 Å². The van der Waals surface area contributed by atoms with Gasteiger partial charge in [0.2, 0.25) is 0 Å². The van der Waals surface area contributed by atoms with E-state index >= 15 is 0 Å². The molecule has 6 heteroatoms. The second-order valence-corrected chi connectivity index (χ2v) is 4.45. The molecule has 0 saturated carbocycles. The van der Waals surface area contributed by atoms with Crippen molar-refractivity contribution < 1.29 is 17.9 Å². The first-order chi connectivity index (χ1) is 8.31. The number of ether oxygens (including phenoxy) is 1. The Labute approximate surface area is 109 Å². The lowest BCUT2D eigenvalue weighted by molar-refractivity contribution is -0.153. The summed E-state index contributed by atoms with van der Waals surface area (Å²) in [4.78, 5) is 0. The van der Waals surface area contributed by atoms with E-state index < -0.39 is 12.8 Å². The van der Waals surface area contributed by atoms with Crippen molar-refractivity contribution >= 4 is 11.6 Å². The number of benzene rings is 1. The molecule has 2 N–H and O–H groups in total. The molecule has 1 rings (SSSR count). The quantitative estimate of drug-likeness (QED) is 0.896. The molecule has 0 amide bonds. The molecule has 102 valence electrons. The molecular weight excluding hydrogens is 267 g/mol. The second kappa shape index (κ2) is 6.29. The molecule has 1 aromatic rings. The van der Waals surface area contributed by atoms with E-state index in [0.717, 1.165) is 12.0 Å². The minimum absolute atomic E-state index is 0.0167. The molecule has 0 aliphatic rings. The van der Waals surface area contributed by atoms with Crippen LogP contribution in [-0.4, -0.2) is 18.8 Å². The van der Waals surface area contributed by atoms with Crippen molar-refractivity contribution in [3.63, 3.8) is 0 Å². The largest absolute Gasteiger partial charge is 0.483 e. The molecule has 2 nitrogen and oxygen atoms in total. The highest BCUT2D eigenvalue weighted by Crippen LogP contribution is 2.27. The zero-order valence-corrected chi connectivity index (χ0v) is 10.7. The van der Waals surface area contributed by atoms with Crippen LogP contribution in [0.4, 0.5) is 13.2 Å². The van der Waals surface area contributed by atoms with Gasteiger partial charge in [0.15, 0.2) is 6.61 Å². The molecular formula is C12H15ClF3NO. The van der Waals surface area contributed by atoms with E-state index in [1.807, 2.05) is 6.92 Å². The van der Waals surface area contributed by atoms with Crippen molar-refractivity contribution in [1.82, 2.24) is 0 Å². The van der Waals surface area contributed by atoms with Crippen molar-refractivity contribution in [2.75, 3.05) is 6.61 Å². The lowest BCUT2D eigenvalue weighted by Gasteiger charge is -2.13. The van der Waals surface area contributed by atoms with Crippen LogP contribution in [0.15, 0.2) is 18.2 Å². The molecule has 1 aromatic carbocycles. The summed E-state index contributed by atoms with van der Waals surface area (Å²) in [7, 11) is 0. The van der Waals surface area contributed by atoms with Crippen LogP contribution >= 0.6 is 11.6 Å². The molecule has 1 unspecified atom stereocenters. The Morgan fingerprint density at radius 2 is 2.06 bits per heavy atom. The molecule has 0 bridgehead atoms. The first-order valence-electron chi connectivity index (χ1n) is 5.55. The van der Waals surface area contributed by atoms with Gasteiger partial charge in [0.05, 0.1) is 5.02 Å². The summed E-state index contributed by atoms with van der Waals surface area (Å²) in [6, 6.07) is 4.71. The summed E-state index contributed by atoms with van der Waals surface area (Å²) in [6.07, 6.45) is -2.91. The van der Waals surface area contributed by atoms with Crippen molar-refractivity contribution in [1.29, 1.82) is 0 Å². The first-order valence-corrected chi connectivity index (χ1v) is 5.93. The minimum atomic E-state index is -4.37. The van der Waals surface area contributed by atoms with E-state index in [-0.39, 0.29) is 16.8 Å². The average Bonchev–Trinajstić information content (AvgIpc) is 2.26. The molecule has 0 heterocycles. The van der Waals surface area contributed by atoms with Crippen molar-refractivity contribution in [2.45, 2.75) is 32.0 Å². The van der Waals surface area contributed by atoms with Gasteiger partial charge in [-0.3, -0.25) is 0 Å². The SMILES string of the molecule is CCC(N)Cc1ccc(OCC(F)(F)F)c(Cl)c1. The lowest BCUT2D eigenvalue weighted by atomic mass is 10.0. The van der Waals surface area contributed by atoms with Crippen LogP contribution in [-0.2, 0) is 6.42 Å². The Morgan fingerprint density at radius 3 is 2.56 bits per heavy atom. The monoisotopic (exact) mass is 281 g/mol. The Hall–Kier alpha value is -0.940. The summed E-state index contributed by atoms with van der Waals surface area (Å²) in [6.45, 7) is 0.619. The summed E-state index contributed by atoms with van der Waals surface area (Å²) in [5.74, 6) is 0.0304. The van der Waals surface area contributed by atoms with E-state index in [9.17, 15) is 13.2 Å². The zero-order valence-electron chi connectivity index (χ0n) is 9.93. The fraction of sp³-hybridized carbons (Fsp3) is 0.500. The van der Waals surface area contributed by atoms with Gasteiger partial charge in [-0.05, 0) is 30.5 Å². The Bertz CT molecular complexity index is 395. The zero-order chi connectivity index (χ0) is 13.8. The third-order valence-electron chi connectivity index (χ3n) is 2.41. The van der Waals surface area contributed by atoms with Crippen LogP contribution in [0.5, 0.6) is 5.75 Å². The normalized spacial score (nSPS) is 13.4. The van der Waals surface area contributed by atoms with Gasteiger partial charge in [0.1, 0.15) is 5.75 Å². The van der Waals surface area contributed by atoms with E-state index in [1.165, 1.54) is 6.07 Å². The topological polar surface area (TPSA) is 35.2 Å². The molecule has 0 aliphatic heterocycles. The Balaban J connectivity index is 2.68. The number of nitrogens with two attached hydrogens (primary N) is 1. The number of hydrogen-bond donors (Lipinski definition) is 1. The van der Waals surface area contributed by atoms with Crippen LogP contribution in [0, 0.1) is 0 Å². The Kier molecular flexibility index (Phi) is 5.28. The van der Waals surface area contributed by atoms with Crippen LogP contribution in [0.1, 0.15) is 18.9 Å². The van der Waals surface area contributed by atoms with Gasteiger partial charge in [0.25, 0.3) is 0 Å². The molecule has 0 radical (unpaired) electrons. The molecule has 0 spiro atoms. The van der Waals surface area contributed by atoms with Gasteiger partial charge in [-0.25, -0.2) is 0 Å². The first kappa shape index (κ1) is 15.1. The number of hydrogen-bond acceptors (Lipinski definition) is 2. The number of rotatable bonds is 5. The van der Waals surface area contributed by atoms with Crippen LogP contribution < -0.4 is 10.5 Å². The van der Waals surface area contributed by atoms with Gasteiger partial charge in [-0.2, -0.15) is 13.2 Å². The van der Waals surface area contributed by atoms with Crippen molar-refractivity contribution in [3.05, 3.63) is 28.8 Å². The molecule has 1 atom stereocenters. The molecule has 0 saturated heterocycles. The van der Waals surface area contributed by atoms with Gasteiger partial charge >= 0.3 is 6.18 Å². The summed E-state index contributed by atoms with van der Waals surface area (Å²) < 4.78 is 40.6. The fourth-order valence-corrected chi connectivity index (χ4v) is 1.65. The molecule has 0 fully saturated rings.